The second-order valence-electron chi connectivity index (χ2n) is 3.12. The first kappa shape index (κ1) is 9.98. The van der Waals surface area contributed by atoms with E-state index < -0.39 is 5.97 Å². The number of pyridine rings is 1. The molecule has 78 valence electrons. The van der Waals surface area contributed by atoms with Gasteiger partial charge in [-0.25, -0.2) is 9.78 Å². The van der Waals surface area contributed by atoms with Crippen molar-refractivity contribution >= 4 is 23.1 Å². The Morgan fingerprint density at radius 2 is 2.40 bits per heavy atom. The number of hydrogen-bond acceptors (Lipinski definition) is 2. The topological polar surface area (TPSA) is 54.6 Å². The van der Waals surface area contributed by atoms with Crippen LogP contribution < -0.4 is 0 Å². The van der Waals surface area contributed by atoms with E-state index in [2.05, 4.69) is 4.98 Å². The van der Waals surface area contributed by atoms with Gasteiger partial charge in [0.2, 0.25) is 0 Å². The Kier molecular flexibility index (Phi) is 2.36. The normalized spacial score (nSPS) is 10.8. The molecule has 0 unspecified atom stereocenters. The van der Waals surface area contributed by atoms with Crippen molar-refractivity contribution in [2.75, 3.05) is 0 Å². The predicted octanol–water partition coefficient (Wildman–Crippen LogP) is 2.25. The van der Waals surface area contributed by atoms with Crippen molar-refractivity contribution in [3.63, 3.8) is 0 Å². The molecule has 0 amide bonds. The van der Waals surface area contributed by atoms with Gasteiger partial charge in [0.25, 0.3) is 0 Å². The number of hydrogen-bond donors (Lipinski definition) is 1. The van der Waals surface area contributed by atoms with E-state index in [1.165, 1.54) is 6.07 Å². The average molecular weight is 225 g/mol. The van der Waals surface area contributed by atoms with Crippen molar-refractivity contribution in [1.82, 2.24) is 9.38 Å². The second-order valence-corrected chi connectivity index (χ2v) is 3.48. The molecule has 2 rings (SSSR count). The number of fused-ring (bicyclic) bond motifs is 1. The lowest BCUT2D eigenvalue weighted by atomic mass is 10.2. The zero-order chi connectivity index (χ0) is 11.0. The van der Waals surface area contributed by atoms with E-state index >= 15 is 0 Å². The van der Waals surface area contributed by atoms with Crippen molar-refractivity contribution in [3.05, 3.63) is 34.9 Å². The third kappa shape index (κ3) is 1.47. The number of carboxylic acids is 1. The highest BCUT2D eigenvalue weighted by atomic mass is 35.5. The minimum absolute atomic E-state index is 0.176. The summed E-state index contributed by atoms with van der Waals surface area (Å²) >= 11 is 5.91. The summed E-state index contributed by atoms with van der Waals surface area (Å²) in [5.41, 5.74) is 0.637. The minimum Gasteiger partial charge on any atom is -0.478 e. The number of nitrogens with zero attached hydrogens (tertiary/aromatic N) is 2. The summed E-state index contributed by atoms with van der Waals surface area (Å²) in [7, 11) is 0. The van der Waals surface area contributed by atoms with Crippen LogP contribution in [0.15, 0.2) is 18.3 Å². The molecule has 4 nitrogen and oxygen atoms in total. The number of aromatic carboxylic acids is 1. The van der Waals surface area contributed by atoms with Crippen molar-refractivity contribution in [1.29, 1.82) is 0 Å². The van der Waals surface area contributed by atoms with E-state index in [1.807, 2.05) is 6.92 Å². The highest BCUT2D eigenvalue weighted by Gasteiger charge is 2.15. The van der Waals surface area contributed by atoms with Crippen molar-refractivity contribution < 1.29 is 9.90 Å². The molecular formula is C10H9ClN2O2. The Balaban J connectivity index is 2.86. The molecule has 0 saturated carbocycles. The standard InChI is InChI=1S/C10H9ClN2O2/c1-2-7-12-9(11)8-6(10(14)15)4-3-5-13(7)8/h3-5H,2H2,1H3,(H,14,15). The van der Waals surface area contributed by atoms with Gasteiger partial charge in [0.15, 0.2) is 5.15 Å². The molecule has 1 N–H and O–H groups in total. The highest BCUT2D eigenvalue weighted by molar-refractivity contribution is 6.33. The highest BCUT2D eigenvalue weighted by Crippen LogP contribution is 2.22. The molecule has 0 aliphatic rings. The lowest BCUT2D eigenvalue weighted by Gasteiger charge is -2.00. The van der Waals surface area contributed by atoms with Gasteiger partial charge in [-0.05, 0) is 12.1 Å². The molecule has 0 saturated heterocycles. The molecule has 0 atom stereocenters. The average Bonchev–Trinajstić information content (AvgIpc) is 2.55. The second kappa shape index (κ2) is 3.55. The monoisotopic (exact) mass is 224 g/mol. The smallest absolute Gasteiger partial charge is 0.337 e. The summed E-state index contributed by atoms with van der Waals surface area (Å²) in [5, 5.41) is 9.23. The van der Waals surface area contributed by atoms with E-state index in [0.717, 1.165) is 5.82 Å². The van der Waals surface area contributed by atoms with Gasteiger partial charge >= 0.3 is 5.97 Å². The molecule has 15 heavy (non-hydrogen) atoms. The van der Waals surface area contributed by atoms with Gasteiger partial charge in [0.05, 0.1) is 11.1 Å². The molecule has 0 fully saturated rings. The first-order valence-corrected chi connectivity index (χ1v) is 4.91. The molecule has 5 heteroatoms. The number of carbonyl (C=O) groups is 1. The largest absolute Gasteiger partial charge is 0.478 e. The van der Waals surface area contributed by atoms with Crippen molar-refractivity contribution in [2.24, 2.45) is 0 Å². The summed E-state index contributed by atoms with van der Waals surface area (Å²) < 4.78 is 1.71. The zero-order valence-corrected chi connectivity index (χ0v) is 8.82. The Morgan fingerprint density at radius 1 is 1.67 bits per heavy atom. The van der Waals surface area contributed by atoms with E-state index in [1.54, 1.807) is 16.7 Å². The Bertz CT molecular complexity index is 533. The number of rotatable bonds is 2. The molecule has 2 aromatic heterocycles. The summed E-state index contributed by atoms with van der Waals surface area (Å²) in [6.07, 6.45) is 2.47. The van der Waals surface area contributed by atoms with Gasteiger partial charge in [-0.15, -0.1) is 0 Å². The first-order valence-electron chi connectivity index (χ1n) is 4.54. The fraction of sp³-hybridized carbons (Fsp3) is 0.200. The fourth-order valence-corrected chi connectivity index (χ4v) is 1.87. The van der Waals surface area contributed by atoms with Crippen LogP contribution in [0, 0.1) is 0 Å². The minimum atomic E-state index is -0.995. The van der Waals surface area contributed by atoms with Crippen LogP contribution in [0.25, 0.3) is 5.52 Å². The van der Waals surface area contributed by atoms with Gasteiger partial charge in [0, 0.05) is 12.6 Å². The molecule has 0 bridgehead atoms. The molecule has 0 aliphatic heterocycles. The predicted molar refractivity (Wildman–Crippen MR) is 56.5 cm³/mol. The third-order valence-corrected chi connectivity index (χ3v) is 2.50. The van der Waals surface area contributed by atoms with Gasteiger partial charge in [-0.1, -0.05) is 18.5 Å². The van der Waals surface area contributed by atoms with E-state index in [9.17, 15) is 4.79 Å². The summed E-state index contributed by atoms with van der Waals surface area (Å²) in [6.45, 7) is 1.94. The van der Waals surface area contributed by atoms with Crippen LogP contribution in [-0.2, 0) is 6.42 Å². The Hall–Kier alpha value is -1.55. The SMILES string of the molecule is CCc1nc(Cl)c2c(C(=O)O)cccn12. The molecule has 0 spiro atoms. The van der Waals surface area contributed by atoms with E-state index in [4.69, 9.17) is 16.7 Å². The molecule has 0 aliphatic carbocycles. The van der Waals surface area contributed by atoms with E-state index in [-0.39, 0.29) is 10.7 Å². The number of aromatic nitrogens is 2. The maximum Gasteiger partial charge on any atom is 0.337 e. The van der Waals surface area contributed by atoms with Crippen LogP contribution in [0.1, 0.15) is 23.1 Å². The van der Waals surface area contributed by atoms with Gasteiger partial charge in [0.1, 0.15) is 5.82 Å². The maximum atomic E-state index is 11.0. The number of halogens is 1. The molecule has 0 radical (unpaired) electrons. The Labute approximate surface area is 91.1 Å². The number of aryl methyl sites for hydroxylation is 1. The van der Waals surface area contributed by atoms with Crippen LogP contribution in [0.2, 0.25) is 5.15 Å². The molecular weight excluding hydrogens is 216 g/mol. The third-order valence-electron chi connectivity index (χ3n) is 2.24. The summed E-state index contributed by atoms with van der Waals surface area (Å²) in [4.78, 5) is 15.1. The first-order chi connectivity index (χ1) is 7.15. The fourth-order valence-electron chi connectivity index (χ4n) is 1.58. The van der Waals surface area contributed by atoms with Crippen LogP contribution >= 0.6 is 11.6 Å². The number of imidazole rings is 1. The van der Waals surface area contributed by atoms with Gasteiger partial charge < -0.3 is 9.51 Å². The van der Waals surface area contributed by atoms with Crippen LogP contribution in [0.3, 0.4) is 0 Å². The van der Waals surface area contributed by atoms with Gasteiger partial charge in [-0.2, -0.15) is 0 Å². The van der Waals surface area contributed by atoms with Crippen LogP contribution in [-0.4, -0.2) is 20.5 Å². The number of carboxylic acid groups (broad SMARTS) is 1. The lowest BCUT2D eigenvalue weighted by molar-refractivity contribution is 0.0698. The quantitative estimate of drug-likeness (QED) is 0.851. The lowest BCUT2D eigenvalue weighted by Crippen LogP contribution is -2.00. The van der Waals surface area contributed by atoms with Crippen LogP contribution in [0.5, 0.6) is 0 Å². The molecule has 0 aromatic carbocycles. The summed E-state index contributed by atoms with van der Waals surface area (Å²) in [6, 6.07) is 3.19. The maximum absolute atomic E-state index is 11.0. The van der Waals surface area contributed by atoms with Crippen molar-refractivity contribution in [2.45, 2.75) is 13.3 Å². The zero-order valence-electron chi connectivity index (χ0n) is 8.07. The van der Waals surface area contributed by atoms with E-state index in [0.29, 0.717) is 11.9 Å². The van der Waals surface area contributed by atoms with Crippen LogP contribution in [0.4, 0.5) is 0 Å². The molecule has 2 heterocycles. The summed E-state index contributed by atoms with van der Waals surface area (Å²) in [5.74, 6) is -0.233. The Morgan fingerprint density at radius 3 is 3.00 bits per heavy atom. The van der Waals surface area contributed by atoms with Crippen molar-refractivity contribution in [3.8, 4) is 0 Å². The van der Waals surface area contributed by atoms with Gasteiger partial charge in [-0.3, -0.25) is 0 Å². The molecule has 2 aromatic rings.